The van der Waals surface area contributed by atoms with Crippen LogP contribution in [0.15, 0.2) is 18.6 Å². The van der Waals surface area contributed by atoms with E-state index in [1.165, 1.54) is 32.1 Å². The number of nitrogens with zero attached hydrogens (tertiary/aromatic N) is 4. The zero-order valence-corrected chi connectivity index (χ0v) is 11.4. The quantitative estimate of drug-likeness (QED) is 0.919. The maximum atomic E-state index is 5.87. The summed E-state index contributed by atoms with van der Waals surface area (Å²) in [6.45, 7) is 1.04. The molecule has 2 aromatic rings. The van der Waals surface area contributed by atoms with Gasteiger partial charge in [0.1, 0.15) is 5.82 Å². The van der Waals surface area contributed by atoms with E-state index in [2.05, 4.69) is 21.9 Å². The van der Waals surface area contributed by atoms with Gasteiger partial charge in [-0.3, -0.25) is 0 Å². The summed E-state index contributed by atoms with van der Waals surface area (Å²) < 4.78 is 1.94. The number of aromatic nitrogens is 3. The first-order chi connectivity index (χ1) is 9.24. The number of hydrogen-bond donors (Lipinski definition) is 1. The lowest BCUT2D eigenvalue weighted by Gasteiger charge is -2.27. The van der Waals surface area contributed by atoms with Crippen molar-refractivity contribution in [1.82, 2.24) is 14.4 Å². The van der Waals surface area contributed by atoms with Gasteiger partial charge in [0.25, 0.3) is 0 Å². The second kappa shape index (κ2) is 5.07. The smallest absolute Gasteiger partial charge is 0.180 e. The summed E-state index contributed by atoms with van der Waals surface area (Å²) in [5.74, 6) is 2.20. The normalized spacial score (nSPS) is 16.9. The van der Waals surface area contributed by atoms with Crippen LogP contribution in [0, 0.1) is 5.92 Å². The summed E-state index contributed by atoms with van der Waals surface area (Å²) in [6.07, 6.45) is 12.3. The van der Waals surface area contributed by atoms with Crippen molar-refractivity contribution in [1.29, 1.82) is 0 Å². The fourth-order valence-corrected chi connectivity index (χ4v) is 3.03. The summed E-state index contributed by atoms with van der Waals surface area (Å²) >= 11 is 0. The van der Waals surface area contributed by atoms with Crippen LogP contribution in [0.1, 0.15) is 32.1 Å². The molecule has 2 N–H and O–H groups in total. The SMILES string of the molecule is CN(CC1CCCCC1)c1nc(N)cn2ccnc12. The molecule has 0 aliphatic heterocycles. The van der Waals surface area contributed by atoms with Gasteiger partial charge in [-0.2, -0.15) is 0 Å². The van der Waals surface area contributed by atoms with E-state index in [1.54, 1.807) is 12.4 Å². The van der Waals surface area contributed by atoms with Crippen LogP contribution in [0.25, 0.3) is 5.65 Å². The van der Waals surface area contributed by atoms with Gasteiger partial charge < -0.3 is 15.0 Å². The molecular formula is C14H21N5. The number of anilines is 2. The van der Waals surface area contributed by atoms with Crippen molar-refractivity contribution in [3.05, 3.63) is 18.6 Å². The van der Waals surface area contributed by atoms with Crippen LogP contribution in [0.2, 0.25) is 0 Å². The molecule has 0 radical (unpaired) electrons. The third-order valence-corrected chi connectivity index (χ3v) is 3.99. The molecule has 0 spiro atoms. The fourth-order valence-electron chi connectivity index (χ4n) is 3.03. The largest absolute Gasteiger partial charge is 0.382 e. The minimum atomic E-state index is 0.538. The van der Waals surface area contributed by atoms with E-state index in [0.29, 0.717) is 5.82 Å². The number of nitrogens with two attached hydrogens (primary N) is 1. The van der Waals surface area contributed by atoms with Crippen molar-refractivity contribution < 1.29 is 0 Å². The average molecular weight is 259 g/mol. The second-order valence-corrected chi connectivity index (χ2v) is 5.53. The van der Waals surface area contributed by atoms with Crippen molar-refractivity contribution in [3.8, 4) is 0 Å². The summed E-state index contributed by atoms with van der Waals surface area (Å²) in [6, 6.07) is 0. The number of fused-ring (bicyclic) bond motifs is 1. The Morgan fingerprint density at radius 1 is 1.37 bits per heavy atom. The van der Waals surface area contributed by atoms with Crippen LogP contribution in [0.4, 0.5) is 11.6 Å². The predicted octanol–water partition coefficient (Wildman–Crippen LogP) is 2.33. The molecule has 1 fully saturated rings. The summed E-state index contributed by atoms with van der Waals surface area (Å²) in [4.78, 5) is 11.0. The Morgan fingerprint density at radius 2 is 2.16 bits per heavy atom. The number of hydrogen-bond acceptors (Lipinski definition) is 4. The van der Waals surface area contributed by atoms with Gasteiger partial charge in [-0.25, -0.2) is 9.97 Å². The lowest BCUT2D eigenvalue weighted by Crippen LogP contribution is -2.28. The van der Waals surface area contributed by atoms with Crippen LogP contribution in [0.3, 0.4) is 0 Å². The Morgan fingerprint density at radius 3 is 2.95 bits per heavy atom. The highest BCUT2D eigenvalue weighted by molar-refractivity contribution is 5.65. The fraction of sp³-hybridized carbons (Fsp3) is 0.571. The van der Waals surface area contributed by atoms with Crippen LogP contribution in [0.5, 0.6) is 0 Å². The number of rotatable bonds is 3. The van der Waals surface area contributed by atoms with Gasteiger partial charge in [-0.05, 0) is 18.8 Å². The van der Waals surface area contributed by atoms with Crippen molar-refractivity contribution in [3.63, 3.8) is 0 Å². The highest BCUT2D eigenvalue weighted by atomic mass is 15.2. The minimum Gasteiger partial charge on any atom is -0.382 e. The monoisotopic (exact) mass is 259 g/mol. The average Bonchev–Trinajstić information content (AvgIpc) is 2.86. The Balaban J connectivity index is 1.83. The van der Waals surface area contributed by atoms with E-state index in [4.69, 9.17) is 5.73 Å². The first-order valence-corrected chi connectivity index (χ1v) is 7.04. The zero-order valence-electron chi connectivity index (χ0n) is 11.4. The summed E-state index contributed by atoms with van der Waals surface area (Å²) in [7, 11) is 2.09. The molecule has 102 valence electrons. The van der Waals surface area contributed by atoms with E-state index >= 15 is 0 Å². The van der Waals surface area contributed by atoms with Gasteiger partial charge in [0.05, 0.1) is 6.20 Å². The van der Waals surface area contributed by atoms with Gasteiger partial charge in [0.2, 0.25) is 0 Å². The first-order valence-electron chi connectivity index (χ1n) is 7.04. The Hall–Kier alpha value is -1.78. The van der Waals surface area contributed by atoms with Gasteiger partial charge in [0.15, 0.2) is 11.5 Å². The Bertz CT molecular complexity index is 556. The van der Waals surface area contributed by atoms with E-state index in [-0.39, 0.29) is 0 Å². The Kier molecular flexibility index (Phi) is 3.27. The molecule has 19 heavy (non-hydrogen) atoms. The maximum Gasteiger partial charge on any atom is 0.180 e. The molecule has 1 saturated carbocycles. The second-order valence-electron chi connectivity index (χ2n) is 5.53. The molecule has 0 aromatic carbocycles. The lowest BCUT2D eigenvalue weighted by atomic mass is 9.89. The topological polar surface area (TPSA) is 59.5 Å². The number of imidazole rings is 1. The van der Waals surface area contributed by atoms with Gasteiger partial charge in [-0.1, -0.05) is 19.3 Å². The zero-order chi connectivity index (χ0) is 13.2. The highest BCUT2D eigenvalue weighted by Crippen LogP contribution is 2.26. The van der Waals surface area contributed by atoms with E-state index in [9.17, 15) is 0 Å². The highest BCUT2D eigenvalue weighted by Gasteiger charge is 2.18. The van der Waals surface area contributed by atoms with Gasteiger partial charge >= 0.3 is 0 Å². The third-order valence-electron chi connectivity index (χ3n) is 3.99. The van der Waals surface area contributed by atoms with E-state index in [0.717, 1.165) is 23.9 Å². The van der Waals surface area contributed by atoms with Crippen LogP contribution < -0.4 is 10.6 Å². The Labute approximate surface area is 113 Å². The standard InChI is InChI=1S/C14H21N5/c1-18(9-11-5-3-2-4-6-11)14-13-16-7-8-19(13)10-12(15)17-14/h7-8,10-11H,2-6,9,15H2,1H3. The molecule has 0 amide bonds. The molecule has 2 aromatic heterocycles. The maximum absolute atomic E-state index is 5.87. The molecule has 5 heteroatoms. The van der Waals surface area contributed by atoms with Crippen molar-refractivity contribution in [2.24, 2.45) is 5.92 Å². The van der Waals surface area contributed by atoms with Gasteiger partial charge in [-0.15, -0.1) is 0 Å². The third kappa shape index (κ3) is 2.50. The molecule has 2 heterocycles. The molecule has 0 atom stereocenters. The van der Waals surface area contributed by atoms with Crippen LogP contribution in [-0.2, 0) is 0 Å². The lowest BCUT2D eigenvalue weighted by molar-refractivity contribution is 0.362. The molecule has 5 nitrogen and oxygen atoms in total. The summed E-state index contributed by atoms with van der Waals surface area (Å²) in [5, 5.41) is 0. The first kappa shape index (κ1) is 12.3. The van der Waals surface area contributed by atoms with Crippen molar-refractivity contribution in [2.75, 3.05) is 24.2 Å². The molecule has 0 bridgehead atoms. The number of nitrogen functional groups attached to an aromatic ring is 1. The molecule has 3 rings (SSSR count). The molecule has 0 saturated heterocycles. The summed E-state index contributed by atoms with van der Waals surface area (Å²) in [5.41, 5.74) is 6.75. The van der Waals surface area contributed by atoms with Crippen molar-refractivity contribution >= 4 is 17.3 Å². The van der Waals surface area contributed by atoms with Crippen LogP contribution >= 0.6 is 0 Å². The van der Waals surface area contributed by atoms with Gasteiger partial charge in [0, 0.05) is 26.0 Å². The van der Waals surface area contributed by atoms with E-state index < -0.39 is 0 Å². The molecule has 1 aliphatic rings. The van der Waals surface area contributed by atoms with E-state index in [1.807, 2.05) is 10.6 Å². The van der Waals surface area contributed by atoms with Crippen LogP contribution in [-0.4, -0.2) is 28.0 Å². The minimum absolute atomic E-state index is 0.538. The molecular weight excluding hydrogens is 238 g/mol. The molecule has 1 aliphatic carbocycles. The van der Waals surface area contributed by atoms with Crippen molar-refractivity contribution in [2.45, 2.75) is 32.1 Å². The molecule has 0 unspecified atom stereocenters. The predicted molar refractivity (Wildman–Crippen MR) is 77.2 cm³/mol.